The van der Waals surface area contributed by atoms with Crippen LogP contribution in [0.3, 0.4) is 0 Å². The Morgan fingerprint density at radius 1 is 1.07 bits per heavy atom. The number of hydrogen-bond acceptors (Lipinski definition) is 6. The topological polar surface area (TPSA) is 89.0 Å². The Hall–Kier alpha value is -3.48. The average molecular weight is 389 g/mol. The summed E-state index contributed by atoms with van der Waals surface area (Å²) in [5, 5.41) is 6.19. The summed E-state index contributed by atoms with van der Waals surface area (Å²) in [5.74, 6) is 0.887. The fourth-order valence-electron chi connectivity index (χ4n) is 3.59. The molecule has 2 N–H and O–H groups in total. The molecular weight excluding hydrogens is 366 g/mol. The van der Waals surface area contributed by atoms with E-state index >= 15 is 0 Å². The van der Waals surface area contributed by atoms with Crippen molar-refractivity contribution < 1.29 is 9.53 Å². The molecule has 7 heteroatoms. The summed E-state index contributed by atoms with van der Waals surface area (Å²) in [6, 6.07) is 13.2. The van der Waals surface area contributed by atoms with Crippen LogP contribution in [0.2, 0.25) is 0 Å². The highest BCUT2D eigenvalue weighted by molar-refractivity contribution is 5.99. The lowest BCUT2D eigenvalue weighted by Crippen LogP contribution is -2.41. The zero-order valence-electron chi connectivity index (χ0n) is 16.5. The summed E-state index contributed by atoms with van der Waals surface area (Å²) in [6.07, 6.45) is 5.91. The third-order valence-electron chi connectivity index (χ3n) is 5.24. The monoisotopic (exact) mass is 389 g/mol. The Morgan fingerprint density at radius 2 is 1.90 bits per heavy atom. The first-order valence-corrected chi connectivity index (χ1v) is 9.58. The molecule has 148 valence electrons. The second-order valence-corrected chi connectivity index (χ2v) is 7.29. The van der Waals surface area contributed by atoms with Crippen molar-refractivity contribution in [3.8, 4) is 5.88 Å². The number of carbonyl (C=O) groups is 1. The van der Waals surface area contributed by atoms with Crippen molar-refractivity contribution in [3.05, 3.63) is 66.1 Å². The number of ether oxygens (including phenoxy) is 1. The number of amides is 1. The van der Waals surface area contributed by atoms with Gasteiger partial charge in [-0.05, 0) is 49.9 Å². The lowest BCUT2D eigenvalue weighted by Gasteiger charge is -2.33. The number of benzene rings is 1. The SMILES string of the molecule is COc1ccc(NC(=O)C2(C)CCCc3cnc(Nc4ccccc4)nc32)cn1. The molecule has 1 aliphatic carbocycles. The first-order chi connectivity index (χ1) is 14.1. The summed E-state index contributed by atoms with van der Waals surface area (Å²) >= 11 is 0. The van der Waals surface area contributed by atoms with E-state index in [2.05, 4.69) is 20.6 Å². The Bertz CT molecular complexity index is 1010. The van der Waals surface area contributed by atoms with Gasteiger partial charge in [0.05, 0.1) is 30.1 Å². The largest absolute Gasteiger partial charge is 0.481 e. The number of fused-ring (bicyclic) bond motifs is 1. The van der Waals surface area contributed by atoms with E-state index in [9.17, 15) is 4.79 Å². The van der Waals surface area contributed by atoms with Gasteiger partial charge < -0.3 is 15.4 Å². The molecule has 2 aromatic heterocycles. The van der Waals surface area contributed by atoms with Crippen molar-refractivity contribution >= 4 is 23.2 Å². The van der Waals surface area contributed by atoms with Gasteiger partial charge in [0, 0.05) is 18.0 Å². The van der Waals surface area contributed by atoms with Crippen molar-refractivity contribution in [3.63, 3.8) is 0 Å². The maximum atomic E-state index is 13.2. The summed E-state index contributed by atoms with van der Waals surface area (Å²) in [7, 11) is 1.56. The van der Waals surface area contributed by atoms with Gasteiger partial charge >= 0.3 is 0 Å². The molecule has 3 aromatic rings. The number of anilines is 3. The Balaban J connectivity index is 1.60. The minimum Gasteiger partial charge on any atom is -0.481 e. The average Bonchev–Trinajstić information content (AvgIpc) is 2.75. The number of carbonyl (C=O) groups excluding carboxylic acids is 1. The summed E-state index contributed by atoms with van der Waals surface area (Å²) in [6.45, 7) is 1.94. The number of nitrogens with one attached hydrogen (secondary N) is 2. The predicted molar refractivity (Wildman–Crippen MR) is 111 cm³/mol. The van der Waals surface area contributed by atoms with Crippen LogP contribution in [0, 0.1) is 0 Å². The van der Waals surface area contributed by atoms with Crippen LogP contribution in [0.1, 0.15) is 31.0 Å². The molecule has 1 unspecified atom stereocenters. The number of nitrogens with zero attached hydrogens (tertiary/aromatic N) is 3. The zero-order chi connectivity index (χ0) is 20.3. The van der Waals surface area contributed by atoms with Crippen LogP contribution in [0.5, 0.6) is 5.88 Å². The second kappa shape index (κ2) is 7.87. The highest BCUT2D eigenvalue weighted by Gasteiger charge is 2.41. The van der Waals surface area contributed by atoms with E-state index in [1.165, 1.54) is 0 Å². The molecule has 1 aromatic carbocycles. The lowest BCUT2D eigenvalue weighted by atomic mass is 9.74. The van der Waals surface area contributed by atoms with Crippen LogP contribution < -0.4 is 15.4 Å². The maximum Gasteiger partial charge on any atom is 0.236 e. The normalized spacial score (nSPS) is 17.9. The van der Waals surface area contributed by atoms with Gasteiger partial charge in [0.15, 0.2) is 0 Å². The van der Waals surface area contributed by atoms with E-state index in [1.54, 1.807) is 25.4 Å². The Morgan fingerprint density at radius 3 is 2.62 bits per heavy atom. The molecule has 29 heavy (non-hydrogen) atoms. The van der Waals surface area contributed by atoms with Gasteiger partial charge in [-0.2, -0.15) is 0 Å². The molecule has 0 fully saturated rings. The van der Waals surface area contributed by atoms with Crippen LogP contribution >= 0.6 is 0 Å². The molecule has 1 aliphatic rings. The lowest BCUT2D eigenvalue weighted by molar-refractivity contribution is -0.121. The van der Waals surface area contributed by atoms with Crippen LogP contribution in [0.15, 0.2) is 54.9 Å². The maximum absolute atomic E-state index is 13.2. The fraction of sp³-hybridized carbons (Fsp3) is 0.273. The van der Waals surface area contributed by atoms with Gasteiger partial charge in [-0.15, -0.1) is 0 Å². The van der Waals surface area contributed by atoms with Crippen LogP contribution in [-0.4, -0.2) is 28.0 Å². The number of para-hydroxylation sites is 1. The summed E-state index contributed by atoms with van der Waals surface area (Å²) < 4.78 is 5.07. The molecule has 0 bridgehead atoms. The third kappa shape index (κ3) is 3.89. The number of methoxy groups -OCH3 is 1. The molecule has 7 nitrogen and oxygen atoms in total. The molecule has 1 atom stereocenters. The predicted octanol–water partition coefficient (Wildman–Crippen LogP) is 3.86. The van der Waals surface area contributed by atoms with Crippen LogP contribution in [0.25, 0.3) is 0 Å². The van der Waals surface area contributed by atoms with Gasteiger partial charge in [-0.3, -0.25) is 4.79 Å². The zero-order valence-corrected chi connectivity index (χ0v) is 16.5. The third-order valence-corrected chi connectivity index (χ3v) is 5.24. The molecular formula is C22H23N5O2. The molecule has 2 heterocycles. The number of hydrogen-bond donors (Lipinski definition) is 2. The highest BCUT2D eigenvalue weighted by atomic mass is 16.5. The molecule has 1 amide bonds. The van der Waals surface area contributed by atoms with Gasteiger partial charge in [0.25, 0.3) is 0 Å². The molecule has 0 aliphatic heterocycles. The minimum atomic E-state index is -0.746. The highest BCUT2D eigenvalue weighted by Crippen LogP contribution is 2.37. The Kier molecular flexibility index (Phi) is 5.12. The molecule has 0 spiro atoms. The van der Waals surface area contributed by atoms with E-state index in [1.807, 2.05) is 43.5 Å². The van der Waals surface area contributed by atoms with Gasteiger partial charge in [0.2, 0.25) is 17.7 Å². The first-order valence-electron chi connectivity index (χ1n) is 9.58. The van der Waals surface area contributed by atoms with E-state index in [4.69, 9.17) is 9.72 Å². The Labute approximate surface area is 169 Å². The number of aryl methyl sites for hydroxylation is 1. The minimum absolute atomic E-state index is 0.102. The standard InChI is InChI=1S/C22H23N5O2/c1-22(20(28)25-17-10-11-18(29-2)23-14-17)12-6-7-15-13-24-21(27-19(15)22)26-16-8-4-3-5-9-16/h3-5,8-11,13-14H,6-7,12H2,1-2H3,(H,25,28)(H,24,26,27). The van der Waals surface area contributed by atoms with E-state index in [0.717, 1.165) is 36.2 Å². The summed E-state index contributed by atoms with van der Waals surface area (Å²) in [4.78, 5) is 26.5. The molecule has 0 radical (unpaired) electrons. The molecule has 0 saturated carbocycles. The van der Waals surface area contributed by atoms with Crippen molar-refractivity contribution in [1.29, 1.82) is 0 Å². The van der Waals surface area contributed by atoms with Gasteiger partial charge in [-0.1, -0.05) is 18.2 Å². The van der Waals surface area contributed by atoms with Crippen molar-refractivity contribution in [2.75, 3.05) is 17.7 Å². The molecule has 0 saturated heterocycles. The van der Waals surface area contributed by atoms with E-state index < -0.39 is 5.41 Å². The number of rotatable bonds is 5. The van der Waals surface area contributed by atoms with Crippen molar-refractivity contribution in [2.45, 2.75) is 31.6 Å². The quantitative estimate of drug-likeness (QED) is 0.689. The number of pyridine rings is 1. The fourth-order valence-corrected chi connectivity index (χ4v) is 3.59. The van der Waals surface area contributed by atoms with Crippen molar-refractivity contribution in [2.24, 2.45) is 0 Å². The van der Waals surface area contributed by atoms with Crippen LogP contribution in [-0.2, 0) is 16.6 Å². The van der Waals surface area contributed by atoms with Gasteiger partial charge in [-0.25, -0.2) is 15.0 Å². The smallest absolute Gasteiger partial charge is 0.236 e. The van der Waals surface area contributed by atoms with Crippen molar-refractivity contribution in [1.82, 2.24) is 15.0 Å². The van der Waals surface area contributed by atoms with E-state index in [0.29, 0.717) is 17.5 Å². The van der Waals surface area contributed by atoms with E-state index in [-0.39, 0.29) is 5.91 Å². The van der Waals surface area contributed by atoms with Gasteiger partial charge in [0.1, 0.15) is 0 Å². The number of aromatic nitrogens is 3. The molecule has 4 rings (SSSR count). The second-order valence-electron chi connectivity index (χ2n) is 7.29. The first kappa shape index (κ1) is 18.9. The van der Waals surface area contributed by atoms with Crippen LogP contribution in [0.4, 0.5) is 17.3 Å². The summed E-state index contributed by atoms with van der Waals surface area (Å²) in [5.41, 5.74) is 2.57.